The number of likely N-dealkylation sites (tertiary alicyclic amines) is 1. The van der Waals surface area contributed by atoms with Crippen LogP contribution in [0, 0.1) is 20.8 Å². The molecule has 0 unspecified atom stereocenters. The molecule has 1 N–H and O–H groups in total. The fraction of sp³-hybridized carbons (Fsp3) is 0.292. The van der Waals surface area contributed by atoms with Crippen LogP contribution in [0.4, 0.5) is 5.69 Å². The normalized spacial score (nSPS) is 13.7. The van der Waals surface area contributed by atoms with Crippen molar-refractivity contribution in [3.05, 3.63) is 70.4 Å². The fourth-order valence-electron chi connectivity index (χ4n) is 3.85. The number of carbonyl (C=O) groups excluding carboxylic acids is 2. The van der Waals surface area contributed by atoms with E-state index in [1.165, 1.54) is 0 Å². The summed E-state index contributed by atoms with van der Waals surface area (Å²) in [5.41, 5.74) is 5.50. The Kier molecular flexibility index (Phi) is 5.05. The molecule has 2 amide bonds. The predicted molar refractivity (Wildman–Crippen MR) is 115 cm³/mol. The van der Waals surface area contributed by atoms with Crippen LogP contribution in [0.3, 0.4) is 0 Å². The van der Waals surface area contributed by atoms with Gasteiger partial charge in [0.1, 0.15) is 0 Å². The van der Waals surface area contributed by atoms with Gasteiger partial charge in [-0.25, -0.2) is 0 Å². The molecule has 0 aliphatic carbocycles. The number of fused-ring (bicyclic) bond motifs is 1. The summed E-state index contributed by atoms with van der Waals surface area (Å²) in [6.07, 6.45) is 2.13. The molecule has 1 saturated heterocycles. The maximum absolute atomic E-state index is 12.9. The summed E-state index contributed by atoms with van der Waals surface area (Å²) in [7, 11) is 0. The molecule has 2 heterocycles. The van der Waals surface area contributed by atoms with Gasteiger partial charge in [0.15, 0.2) is 0 Å². The van der Waals surface area contributed by atoms with Crippen molar-refractivity contribution in [3.8, 4) is 0 Å². The van der Waals surface area contributed by atoms with Crippen LogP contribution in [-0.4, -0.2) is 34.8 Å². The quantitative estimate of drug-likeness (QED) is 0.712. The van der Waals surface area contributed by atoms with Gasteiger partial charge in [-0.2, -0.15) is 0 Å². The minimum Gasteiger partial charge on any atom is -0.339 e. The van der Waals surface area contributed by atoms with E-state index in [1.807, 2.05) is 62.1 Å². The van der Waals surface area contributed by atoms with Crippen molar-refractivity contribution in [1.29, 1.82) is 0 Å². The first kappa shape index (κ1) is 19.1. The minimum atomic E-state index is -0.194. The molecular weight excluding hydrogens is 362 g/mol. The zero-order valence-corrected chi connectivity index (χ0v) is 17.1. The maximum atomic E-state index is 12.9. The topological polar surface area (TPSA) is 62.3 Å². The second kappa shape index (κ2) is 7.66. The third kappa shape index (κ3) is 3.86. The molecule has 1 fully saturated rings. The number of nitrogens with zero attached hydrogens (tertiary/aromatic N) is 2. The van der Waals surface area contributed by atoms with Crippen molar-refractivity contribution in [1.82, 2.24) is 9.88 Å². The van der Waals surface area contributed by atoms with Crippen LogP contribution < -0.4 is 5.32 Å². The highest BCUT2D eigenvalue weighted by atomic mass is 16.2. The van der Waals surface area contributed by atoms with Gasteiger partial charge in [-0.3, -0.25) is 14.6 Å². The van der Waals surface area contributed by atoms with E-state index in [1.54, 1.807) is 6.07 Å². The molecule has 0 atom stereocenters. The van der Waals surface area contributed by atoms with Crippen LogP contribution in [0.5, 0.6) is 0 Å². The van der Waals surface area contributed by atoms with Gasteiger partial charge in [0.05, 0.1) is 16.8 Å². The van der Waals surface area contributed by atoms with E-state index in [0.717, 1.165) is 48.0 Å². The second-order valence-corrected chi connectivity index (χ2v) is 7.80. The van der Waals surface area contributed by atoms with Crippen molar-refractivity contribution in [3.63, 3.8) is 0 Å². The summed E-state index contributed by atoms with van der Waals surface area (Å²) in [5.74, 6) is -0.131. The number of nitrogens with one attached hydrogen (secondary N) is 1. The largest absolute Gasteiger partial charge is 0.339 e. The molecule has 1 aliphatic rings. The second-order valence-electron chi connectivity index (χ2n) is 7.80. The summed E-state index contributed by atoms with van der Waals surface area (Å²) >= 11 is 0. The van der Waals surface area contributed by atoms with Gasteiger partial charge in [0, 0.05) is 29.7 Å². The highest BCUT2D eigenvalue weighted by Crippen LogP contribution is 2.22. The Balaban J connectivity index is 1.57. The Labute approximate surface area is 170 Å². The number of hydrogen-bond donors (Lipinski definition) is 1. The predicted octanol–water partition coefficient (Wildman–Crippen LogP) is 4.65. The van der Waals surface area contributed by atoms with Gasteiger partial charge in [-0.1, -0.05) is 11.6 Å². The summed E-state index contributed by atoms with van der Waals surface area (Å²) in [6.45, 7) is 7.42. The zero-order valence-electron chi connectivity index (χ0n) is 17.1. The van der Waals surface area contributed by atoms with Crippen LogP contribution in [0.25, 0.3) is 10.9 Å². The van der Waals surface area contributed by atoms with E-state index < -0.39 is 0 Å². The average Bonchev–Trinajstić information content (AvgIpc) is 3.23. The summed E-state index contributed by atoms with van der Waals surface area (Å²) in [4.78, 5) is 32.0. The number of rotatable bonds is 3. The van der Waals surface area contributed by atoms with E-state index >= 15 is 0 Å². The number of carbonyl (C=O) groups is 2. The van der Waals surface area contributed by atoms with Crippen molar-refractivity contribution < 1.29 is 9.59 Å². The molecule has 0 spiro atoms. The molecule has 5 heteroatoms. The van der Waals surface area contributed by atoms with Gasteiger partial charge in [0.25, 0.3) is 11.8 Å². The molecule has 1 aliphatic heterocycles. The van der Waals surface area contributed by atoms with Gasteiger partial charge < -0.3 is 10.2 Å². The number of hydrogen-bond acceptors (Lipinski definition) is 3. The van der Waals surface area contributed by atoms with Crippen LogP contribution in [0.2, 0.25) is 0 Å². The molecule has 0 radical (unpaired) electrons. The number of benzene rings is 2. The first-order valence-corrected chi connectivity index (χ1v) is 10.0. The third-order valence-electron chi connectivity index (χ3n) is 5.52. The van der Waals surface area contributed by atoms with Crippen molar-refractivity contribution in [2.45, 2.75) is 33.6 Å². The Bertz CT molecular complexity index is 1110. The summed E-state index contributed by atoms with van der Waals surface area (Å²) in [6, 6.07) is 13.4. The number of aryl methyl sites for hydroxylation is 3. The Morgan fingerprint density at radius 2 is 1.72 bits per heavy atom. The maximum Gasteiger partial charge on any atom is 0.257 e. The number of aromatic nitrogens is 1. The van der Waals surface area contributed by atoms with Gasteiger partial charge in [-0.05, 0) is 75.6 Å². The molecule has 29 heavy (non-hydrogen) atoms. The molecular formula is C24H25N3O2. The highest BCUT2D eigenvalue weighted by Gasteiger charge is 2.20. The van der Waals surface area contributed by atoms with E-state index in [4.69, 9.17) is 0 Å². The third-order valence-corrected chi connectivity index (χ3v) is 5.52. The van der Waals surface area contributed by atoms with Gasteiger partial charge in [0.2, 0.25) is 0 Å². The Morgan fingerprint density at radius 3 is 2.45 bits per heavy atom. The number of amides is 2. The van der Waals surface area contributed by atoms with Gasteiger partial charge in [-0.15, -0.1) is 0 Å². The van der Waals surface area contributed by atoms with Crippen LogP contribution in [0.1, 0.15) is 50.4 Å². The molecule has 1 aromatic heterocycles. The van der Waals surface area contributed by atoms with Crippen molar-refractivity contribution >= 4 is 28.4 Å². The fourth-order valence-corrected chi connectivity index (χ4v) is 3.85. The van der Waals surface area contributed by atoms with Crippen LogP contribution in [0.15, 0.2) is 42.5 Å². The first-order chi connectivity index (χ1) is 13.9. The molecule has 148 valence electrons. The van der Waals surface area contributed by atoms with Crippen LogP contribution in [-0.2, 0) is 0 Å². The summed E-state index contributed by atoms with van der Waals surface area (Å²) < 4.78 is 0. The van der Waals surface area contributed by atoms with E-state index in [0.29, 0.717) is 22.5 Å². The lowest BCUT2D eigenvalue weighted by Gasteiger charge is -2.16. The van der Waals surface area contributed by atoms with E-state index in [-0.39, 0.29) is 11.8 Å². The van der Waals surface area contributed by atoms with Crippen molar-refractivity contribution in [2.24, 2.45) is 0 Å². The SMILES string of the molecule is Cc1ccc2nc(C)c(C(=O)Nc3ccc(C(=O)N4CCCC4)cc3C)cc2c1. The lowest BCUT2D eigenvalue weighted by molar-refractivity contribution is 0.0792. The molecule has 4 rings (SSSR count). The Morgan fingerprint density at radius 1 is 0.966 bits per heavy atom. The van der Waals surface area contributed by atoms with E-state index in [2.05, 4.69) is 10.3 Å². The number of pyridine rings is 1. The monoisotopic (exact) mass is 387 g/mol. The molecule has 2 aromatic carbocycles. The summed E-state index contributed by atoms with van der Waals surface area (Å²) in [5, 5.41) is 3.93. The first-order valence-electron chi connectivity index (χ1n) is 10.0. The Hall–Kier alpha value is -3.21. The standard InChI is InChI=1S/C24H25N3O2/c1-15-6-8-22-19(12-15)14-20(17(3)25-22)23(28)26-21-9-7-18(13-16(21)2)24(29)27-10-4-5-11-27/h6-9,12-14H,4-5,10-11H2,1-3H3,(H,26,28). The smallest absolute Gasteiger partial charge is 0.257 e. The molecule has 0 saturated carbocycles. The zero-order chi connectivity index (χ0) is 20.5. The van der Waals surface area contributed by atoms with Crippen molar-refractivity contribution in [2.75, 3.05) is 18.4 Å². The number of anilines is 1. The average molecular weight is 387 g/mol. The lowest BCUT2D eigenvalue weighted by atomic mass is 10.1. The molecule has 0 bridgehead atoms. The van der Waals surface area contributed by atoms with E-state index in [9.17, 15) is 9.59 Å². The molecule has 5 nitrogen and oxygen atoms in total. The van der Waals surface area contributed by atoms with Gasteiger partial charge >= 0.3 is 0 Å². The van der Waals surface area contributed by atoms with Crippen LogP contribution >= 0.6 is 0 Å². The highest BCUT2D eigenvalue weighted by molar-refractivity contribution is 6.07. The lowest BCUT2D eigenvalue weighted by Crippen LogP contribution is -2.27. The molecule has 3 aromatic rings. The minimum absolute atomic E-state index is 0.0634.